The molecule has 0 radical (unpaired) electrons. The van der Waals surface area contributed by atoms with Crippen molar-refractivity contribution in [1.29, 1.82) is 0 Å². The summed E-state index contributed by atoms with van der Waals surface area (Å²) in [5.41, 5.74) is 0.879. The first kappa shape index (κ1) is 22.1. The predicted octanol–water partition coefficient (Wildman–Crippen LogP) is 4.45. The number of amides is 1. The van der Waals surface area contributed by atoms with E-state index in [0.29, 0.717) is 26.2 Å². The van der Waals surface area contributed by atoms with Crippen molar-refractivity contribution >= 4 is 32.6 Å². The highest BCUT2D eigenvalue weighted by Crippen LogP contribution is 2.32. The summed E-state index contributed by atoms with van der Waals surface area (Å²) < 4.78 is 12.3. The molecule has 1 amide bonds. The Morgan fingerprint density at radius 2 is 1.83 bits per heavy atom. The highest BCUT2D eigenvalue weighted by Gasteiger charge is 2.20. The van der Waals surface area contributed by atoms with Gasteiger partial charge >= 0.3 is 0 Å². The number of thiazole rings is 1. The minimum atomic E-state index is 0.0220. The van der Waals surface area contributed by atoms with E-state index in [4.69, 9.17) is 14.5 Å². The van der Waals surface area contributed by atoms with Gasteiger partial charge in [-0.2, -0.15) is 0 Å². The molecule has 6 nitrogen and oxygen atoms in total. The number of carbonyl (C=O) groups is 1. The summed E-state index contributed by atoms with van der Waals surface area (Å²) >= 11 is 1.52. The molecule has 1 aromatic heterocycles. The summed E-state index contributed by atoms with van der Waals surface area (Å²) in [5, 5.41) is 0.724. The van der Waals surface area contributed by atoms with E-state index in [0.717, 1.165) is 39.8 Å². The van der Waals surface area contributed by atoms with Gasteiger partial charge in [0.2, 0.25) is 5.91 Å². The molecule has 0 aliphatic carbocycles. The van der Waals surface area contributed by atoms with Crippen LogP contribution in [0.3, 0.4) is 0 Å². The summed E-state index contributed by atoms with van der Waals surface area (Å²) in [6.45, 7) is 4.45. The SMILES string of the molecule is CCOc1ccc2nc(N(CCCN(C)C)C(=O)CCOc3ccccc3)sc2c1. The summed E-state index contributed by atoms with van der Waals surface area (Å²) in [6.07, 6.45) is 1.18. The Morgan fingerprint density at radius 1 is 1.03 bits per heavy atom. The van der Waals surface area contributed by atoms with Gasteiger partial charge in [0, 0.05) is 6.54 Å². The molecule has 0 saturated heterocycles. The second kappa shape index (κ2) is 10.9. The van der Waals surface area contributed by atoms with Gasteiger partial charge in [0.15, 0.2) is 5.13 Å². The fourth-order valence-electron chi connectivity index (χ4n) is 3.04. The Hall–Kier alpha value is -2.64. The molecule has 0 atom stereocenters. The Bertz CT molecular complexity index is 943. The largest absolute Gasteiger partial charge is 0.494 e. The third-order valence-corrected chi connectivity index (χ3v) is 5.55. The standard InChI is InChI=1S/C23H29N3O3S/c1-4-28-19-11-12-20-21(17-19)30-23(24-20)26(15-8-14-25(2)3)22(27)13-16-29-18-9-6-5-7-10-18/h5-7,9-12,17H,4,8,13-16H2,1-3H3. The van der Waals surface area contributed by atoms with Crippen molar-refractivity contribution in [2.45, 2.75) is 19.8 Å². The van der Waals surface area contributed by atoms with Gasteiger partial charge in [0.25, 0.3) is 0 Å². The zero-order chi connectivity index (χ0) is 21.3. The van der Waals surface area contributed by atoms with Crippen LogP contribution in [0.5, 0.6) is 11.5 Å². The van der Waals surface area contributed by atoms with Gasteiger partial charge in [-0.1, -0.05) is 29.5 Å². The Balaban J connectivity index is 1.72. The van der Waals surface area contributed by atoms with E-state index < -0.39 is 0 Å². The number of nitrogens with zero attached hydrogens (tertiary/aromatic N) is 3. The van der Waals surface area contributed by atoms with E-state index in [-0.39, 0.29) is 5.91 Å². The molecule has 0 aliphatic rings. The summed E-state index contributed by atoms with van der Waals surface area (Å²) in [7, 11) is 4.07. The van der Waals surface area contributed by atoms with Crippen LogP contribution < -0.4 is 14.4 Å². The van der Waals surface area contributed by atoms with Crippen molar-refractivity contribution in [2.75, 3.05) is 45.3 Å². The summed E-state index contributed by atoms with van der Waals surface area (Å²) in [5.74, 6) is 1.61. The monoisotopic (exact) mass is 427 g/mol. The quantitative estimate of drug-likeness (QED) is 0.453. The maximum Gasteiger partial charge on any atom is 0.232 e. The Morgan fingerprint density at radius 3 is 2.57 bits per heavy atom. The van der Waals surface area contributed by atoms with Crippen LogP contribution in [0.25, 0.3) is 10.2 Å². The van der Waals surface area contributed by atoms with Crippen molar-refractivity contribution in [3.63, 3.8) is 0 Å². The fourth-order valence-corrected chi connectivity index (χ4v) is 4.08. The summed E-state index contributed by atoms with van der Waals surface area (Å²) in [4.78, 5) is 21.7. The number of rotatable bonds is 11. The van der Waals surface area contributed by atoms with Crippen LogP contribution in [-0.4, -0.2) is 56.2 Å². The van der Waals surface area contributed by atoms with Crippen molar-refractivity contribution in [1.82, 2.24) is 9.88 Å². The molecule has 7 heteroatoms. The lowest BCUT2D eigenvalue weighted by atomic mass is 10.3. The zero-order valence-electron chi connectivity index (χ0n) is 17.8. The number of anilines is 1. The third kappa shape index (κ3) is 6.18. The average Bonchev–Trinajstić information content (AvgIpc) is 3.15. The molecule has 1 heterocycles. The van der Waals surface area contributed by atoms with Gasteiger partial charge in [0.1, 0.15) is 11.5 Å². The van der Waals surface area contributed by atoms with Crippen LogP contribution in [0.1, 0.15) is 19.8 Å². The molecule has 0 N–H and O–H groups in total. The molecule has 2 aromatic carbocycles. The van der Waals surface area contributed by atoms with Crippen LogP contribution in [0, 0.1) is 0 Å². The fraction of sp³-hybridized carbons (Fsp3) is 0.391. The maximum atomic E-state index is 13.0. The molecular formula is C23H29N3O3S. The van der Waals surface area contributed by atoms with Crippen LogP contribution in [0.4, 0.5) is 5.13 Å². The number of carbonyl (C=O) groups excluding carboxylic acids is 1. The van der Waals surface area contributed by atoms with Gasteiger partial charge in [0.05, 0.1) is 29.9 Å². The molecular weight excluding hydrogens is 398 g/mol. The molecule has 0 unspecified atom stereocenters. The number of para-hydroxylation sites is 1. The lowest BCUT2D eigenvalue weighted by molar-refractivity contribution is -0.119. The van der Waals surface area contributed by atoms with Crippen molar-refractivity contribution in [3.8, 4) is 11.5 Å². The molecule has 3 rings (SSSR count). The van der Waals surface area contributed by atoms with Crippen LogP contribution >= 0.6 is 11.3 Å². The van der Waals surface area contributed by atoms with E-state index >= 15 is 0 Å². The lowest BCUT2D eigenvalue weighted by Gasteiger charge is -2.21. The minimum absolute atomic E-state index is 0.0220. The number of hydrogen-bond acceptors (Lipinski definition) is 6. The first-order valence-electron chi connectivity index (χ1n) is 10.2. The Labute approximate surface area is 182 Å². The van der Waals surface area contributed by atoms with E-state index in [9.17, 15) is 4.79 Å². The molecule has 0 bridgehead atoms. The second-order valence-electron chi connectivity index (χ2n) is 7.17. The number of benzene rings is 2. The lowest BCUT2D eigenvalue weighted by Crippen LogP contribution is -2.34. The van der Waals surface area contributed by atoms with Crippen LogP contribution in [-0.2, 0) is 4.79 Å². The van der Waals surface area contributed by atoms with Crippen molar-refractivity contribution in [2.24, 2.45) is 0 Å². The minimum Gasteiger partial charge on any atom is -0.494 e. The molecule has 3 aromatic rings. The van der Waals surface area contributed by atoms with Gasteiger partial charge < -0.3 is 14.4 Å². The third-order valence-electron chi connectivity index (χ3n) is 4.51. The molecule has 0 spiro atoms. The van der Waals surface area contributed by atoms with Gasteiger partial charge in [-0.05, 0) is 64.3 Å². The second-order valence-corrected chi connectivity index (χ2v) is 8.18. The number of aromatic nitrogens is 1. The number of ether oxygens (including phenoxy) is 2. The topological polar surface area (TPSA) is 54.9 Å². The first-order valence-corrected chi connectivity index (χ1v) is 11.0. The van der Waals surface area contributed by atoms with E-state index in [1.54, 1.807) is 4.90 Å². The van der Waals surface area contributed by atoms with Crippen LogP contribution in [0.2, 0.25) is 0 Å². The molecule has 160 valence electrons. The van der Waals surface area contributed by atoms with E-state index in [1.807, 2.05) is 69.6 Å². The first-order chi connectivity index (χ1) is 14.6. The van der Waals surface area contributed by atoms with Gasteiger partial charge in [-0.15, -0.1) is 0 Å². The molecule has 0 fully saturated rings. The normalized spacial score (nSPS) is 11.1. The average molecular weight is 428 g/mol. The predicted molar refractivity (Wildman–Crippen MR) is 123 cm³/mol. The van der Waals surface area contributed by atoms with Crippen LogP contribution in [0.15, 0.2) is 48.5 Å². The molecule has 30 heavy (non-hydrogen) atoms. The number of fused-ring (bicyclic) bond motifs is 1. The van der Waals surface area contributed by atoms with Crippen molar-refractivity contribution < 1.29 is 14.3 Å². The van der Waals surface area contributed by atoms with Gasteiger partial charge in [-0.25, -0.2) is 4.98 Å². The van der Waals surface area contributed by atoms with E-state index in [2.05, 4.69) is 4.90 Å². The number of hydrogen-bond donors (Lipinski definition) is 0. The maximum absolute atomic E-state index is 13.0. The highest BCUT2D eigenvalue weighted by atomic mass is 32.1. The van der Waals surface area contributed by atoms with Gasteiger partial charge in [-0.3, -0.25) is 9.69 Å². The zero-order valence-corrected chi connectivity index (χ0v) is 18.7. The van der Waals surface area contributed by atoms with Crippen molar-refractivity contribution in [3.05, 3.63) is 48.5 Å². The van der Waals surface area contributed by atoms with E-state index in [1.165, 1.54) is 11.3 Å². The Kier molecular flexibility index (Phi) is 8.04. The highest BCUT2D eigenvalue weighted by molar-refractivity contribution is 7.22. The smallest absolute Gasteiger partial charge is 0.232 e. The molecule has 0 aliphatic heterocycles. The summed E-state index contributed by atoms with van der Waals surface area (Å²) in [6, 6.07) is 15.4. The molecule has 0 saturated carbocycles.